The molecular formula is C14H26N4O2S. The predicted octanol–water partition coefficient (Wildman–Crippen LogP) is 1.02. The Hall–Kier alpha value is -0.920. The van der Waals surface area contributed by atoms with E-state index in [-0.39, 0.29) is 0 Å². The Morgan fingerprint density at radius 1 is 1.43 bits per heavy atom. The van der Waals surface area contributed by atoms with E-state index >= 15 is 0 Å². The van der Waals surface area contributed by atoms with E-state index in [0.717, 1.165) is 25.9 Å². The number of sulfonamides is 1. The number of rotatable bonds is 6. The summed E-state index contributed by atoms with van der Waals surface area (Å²) in [6.45, 7) is 4.60. The molecule has 6 nitrogen and oxygen atoms in total. The third-order valence-corrected chi connectivity index (χ3v) is 5.03. The zero-order valence-electron chi connectivity index (χ0n) is 13.2. The van der Waals surface area contributed by atoms with Crippen molar-refractivity contribution >= 4 is 10.0 Å². The number of aromatic nitrogens is 2. The van der Waals surface area contributed by atoms with Gasteiger partial charge in [0.1, 0.15) is 0 Å². The maximum Gasteiger partial charge on any atom is 0.208 e. The molecule has 1 N–H and O–H groups in total. The zero-order chi connectivity index (χ0) is 15.5. The Bertz CT molecular complexity index is 568. The highest BCUT2D eigenvalue weighted by molar-refractivity contribution is 7.88. The van der Waals surface area contributed by atoms with Crippen LogP contribution in [0.5, 0.6) is 0 Å². The Balaban J connectivity index is 1.94. The van der Waals surface area contributed by atoms with Gasteiger partial charge in [0, 0.05) is 37.4 Å². The highest BCUT2D eigenvalue weighted by Gasteiger charge is 2.23. The van der Waals surface area contributed by atoms with Crippen molar-refractivity contribution in [3.63, 3.8) is 0 Å². The van der Waals surface area contributed by atoms with Crippen molar-refractivity contribution in [2.24, 2.45) is 7.05 Å². The molecule has 0 aliphatic carbocycles. The second kappa shape index (κ2) is 6.89. The molecule has 0 radical (unpaired) electrons. The number of nitrogens with one attached hydrogen (secondary N) is 1. The molecule has 7 heteroatoms. The lowest BCUT2D eigenvalue weighted by atomic mass is 9.98. The number of hydrogen-bond donors (Lipinski definition) is 1. The van der Waals surface area contributed by atoms with E-state index in [1.54, 1.807) is 0 Å². The topological polar surface area (TPSA) is 67.2 Å². The third kappa shape index (κ3) is 4.79. The Labute approximate surface area is 127 Å². The molecule has 1 aliphatic heterocycles. The summed E-state index contributed by atoms with van der Waals surface area (Å²) in [5.74, 6) is 0. The average Bonchev–Trinajstić information content (AvgIpc) is 2.71. The molecular weight excluding hydrogens is 288 g/mol. The minimum Gasteiger partial charge on any atom is -0.296 e. The SMILES string of the molecule is Cc1c(CN2CCCCC2CCNS(C)(=O)=O)cnn1C. The molecule has 0 aromatic carbocycles. The van der Waals surface area contributed by atoms with Gasteiger partial charge in [0.25, 0.3) is 0 Å². The average molecular weight is 314 g/mol. The molecule has 1 aliphatic rings. The lowest BCUT2D eigenvalue weighted by Gasteiger charge is -2.35. The molecule has 1 aromatic heterocycles. The lowest BCUT2D eigenvalue weighted by molar-refractivity contribution is 0.133. The van der Waals surface area contributed by atoms with Crippen molar-refractivity contribution in [1.82, 2.24) is 19.4 Å². The van der Waals surface area contributed by atoms with Gasteiger partial charge in [-0.1, -0.05) is 6.42 Å². The van der Waals surface area contributed by atoms with E-state index in [0.29, 0.717) is 12.6 Å². The quantitative estimate of drug-likeness (QED) is 0.851. The first kappa shape index (κ1) is 16.5. The van der Waals surface area contributed by atoms with Gasteiger partial charge in [0.15, 0.2) is 0 Å². The fourth-order valence-corrected chi connectivity index (χ4v) is 3.41. The van der Waals surface area contributed by atoms with Crippen molar-refractivity contribution in [2.45, 2.75) is 45.2 Å². The molecule has 0 saturated carbocycles. The number of aryl methyl sites for hydroxylation is 1. The number of piperidine rings is 1. The second-order valence-corrected chi connectivity index (χ2v) is 7.79. The lowest BCUT2D eigenvalue weighted by Crippen LogP contribution is -2.41. The van der Waals surface area contributed by atoms with Gasteiger partial charge in [0.2, 0.25) is 10.0 Å². The van der Waals surface area contributed by atoms with Gasteiger partial charge in [-0.15, -0.1) is 0 Å². The minimum absolute atomic E-state index is 0.451. The molecule has 1 atom stereocenters. The van der Waals surface area contributed by atoms with E-state index in [1.165, 1.54) is 30.4 Å². The van der Waals surface area contributed by atoms with E-state index in [4.69, 9.17) is 0 Å². The normalized spacial score (nSPS) is 20.8. The summed E-state index contributed by atoms with van der Waals surface area (Å²) in [7, 11) is -1.13. The first-order valence-electron chi connectivity index (χ1n) is 7.53. The summed E-state index contributed by atoms with van der Waals surface area (Å²) >= 11 is 0. The minimum atomic E-state index is -3.09. The summed E-state index contributed by atoms with van der Waals surface area (Å²) in [4.78, 5) is 2.47. The van der Waals surface area contributed by atoms with Gasteiger partial charge < -0.3 is 0 Å². The Morgan fingerprint density at radius 2 is 2.19 bits per heavy atom. The summed E-state index contributed by atoms with van der Waals surface area (Å²) in [5, 5.41) is 4.30. The highest BCUT2D eigenvalue weighted by atomic mass is 32.2. The summed E-state index contributed by atoms with van der Waals surface area (Å²) in [5.41, 5.74) is 2.47. The molecule has 0 spiro atoms. The van der Waals surface area contributed by atoms with E-state index in [2.05, 4.69) is 21.6 Å². The van der Waals surface area contributed by atoms with Crippen LogP contribution in [-0.4, -0.2) is 48.5 Å². The fourth-order valence-electron chi connectivity index (χ4n) is 2.92. The van der Waals surface area contributed by atoms with Crippen LogP contribution in [0.2, 0.25) is 0 Å². The number of likely N-dealkylation sites (tertiary alicyclic amines) is 1. The van der Waals surface area contributed by atoms with Crippen LogP contribution in [0.25, 0.3) is 0 Å². The summed E-state index contributed by atoms with van der Waals surface area (Å²) in [6.07, 6.45) is 7.61. The molecule has 21 heavy (non-hydrogen) atoms. The smallest absolute Gasteiger partial charge is 0.208 e. The predicted molar refractivity (Wildman–Crippen MR) is 83.5 cm³/mol. The first-order valence-corrected chi connectivity index (χ1v) is 9.42. The van der Waals surface area contributed by atoms with Crippen LogP contribution in [0.3, 0.4) is 0 Å². The number of hydrogen-bond acceptors (Lipinski definition) is 4. The van der Waals surface area contributed by atoms with Crippen LogP contribution in [0.1, 0.15) is 36.9 Å². The molecule has 1 aromatic rings. The maximum atomic E-state index is 11.2. The van der Waals surface area contributed by atoms with Gasteiger partial charge in [0.05, 0.1) is 12.5 Å². The van der Waals surface area contributed by atoms with Gasteiger partial charge >= 0.3 is 0 Å². The van der Waals surface area contributed by atoms with Crippen LogP contribution >= 0.6 is 0 Å². The van der Waals surface area contributed by atoms with E-state index in [1.807, 2.05) is 17.9 Å². The molecule has 0 bridgehead atoms. The van der Waals surface area contributed by atoms with Crippen LogP contribution in [0, 0.1) is 6.92 Å². The van der Waals surface area contributed by atoms with Gasteiger partial charge in [-0.25, -0.2) is 13.1 Å². The molecule has 0 amide bonds. The summed E-state index contributed by atoms with van der Waals surface area (Å²) in [6, 6.07) is 0.451. The van der Waals surface area contributed by atoms with Gasteiger partial charge in [-0.3, -0.25) is 9.58 Å². The standard InChI is InChI=1S/C14H26N4O2S/c1-12-13(10-15-17(12)2)11-18-9-5-4-6-14(18)7-8-16-21(3,19)20/h10,14,16H,4-9,11H2,1-3H3. The molecule has 1 fully saturated rings. The van der Waals surface area contributed by atoms with Gasteiger partial charge in [-0.05, 0) is 32.7 Å². The fraction of sp³-hybridized carbons (Fsp3) is 0.786. The van der Waals surface area contributed by atoms with Crippen molar-refractivity contribution in [3.8, 4) is 0 Å². The van der Waals surface area contributed by atoms with Gasteiger partial charge in [-0.2, -0.15) is 5.10 Å². The van der Waals surface area contributed by atoms with Crippen LogP contribution in [-0.2, 0) is 23.6 Å². The molecule has 2 rings (SSSR count). The van der Waals surface area contributed by atoms with E-state index in [9.17, 15) is 8.42 Å². The van der Waals surface area contributed by atoms with Crippen molar-refractivity contribution < 1.29 is 8.42 Å². The second-order valence-electron chi connectivity index (χ2n) is 5.95. The van der Waals surface area contributed by atoms with Crippen LogP contribution in [0.4, 0.5) is 0 Å². The number of nitrogens with zero attached hydrogens (tertiary/aromatic N) is 3. The van der Waals surface area contributed by atoms with Crippen molar-refractivity contribution in [3.05, 3.63) is 17.5 Å². The van der Waals surface area contributed by atoms with E-state index < -0.39 is 10.0 Å². The van der Waals surface area contributed by atoms with Crippen LogP contribution < -0.4 is 4.72 Å². The highest BCUT2D eigenvalue weighted by Crippen LogP contribution is 2.22. The Kier molecular flexibility index (Phi) is 5.40. The third-order valence-electron chi connectivity index (χ3n) is 4.30. The monoisotopic (exact) mass is 314 g/mol. The van der Waals surface area contributed by atoms with Crippen LogP contribution in [0.15, 0.2) is 6.20 Å². The zero-order valence-corrected chi connectivity index (χ0v) is 14.0. The summed E-state index contributed by atoms with van der Waals surface area (Å²) < 4.78 is 26.8. The Morgan fingerprint density at radius 3 is 2.81 bits per heavy atom. The van der Waals surface area contributed by atoms with Crippen molar-refractivity contribution in [1.29, 1.82) is 0 Å². The first-order chi connectivity index (χ1) is 9.87. The molecule has 2 heterocycles. The largest absolute Gasteiger partial charge is 0.296 e. The molecule has 120 valence electrons. The van der Waals surface area contributed by atoms with Crippen molar-refractivity contribution in [2.75, 3.05) is 19.3 Å². The molecule has 1 saturated heterocycles. The molecule has 1 unspecified atom stereocenters. The maximum absolute atomic E-state index is 11.2.